The predicted molar refractivity (Wildman–Crippen MR) is 60.1 cm³/mol. The minimum absolute atomic E-state index is 0.156. The lowest BCUT2D eigenvalue weighted by Gasteiger charge is -2.18. The second-order valence-electron chi connectivity index (χ2n) is 3.53. The van der Waals surface area contributed by atoms with Gasteiger partial charge in [-0.15, -0.1) is 0 Å². The Morgan fingerprint density at radius 2 is 2.38 bits per heavy atom. The maximum atomic E-state index is 11.2. The zero-order valence-electron chi connectivity index (χ0n) is 9.43. The highest BCUT2D eigenvalue weighted by Crippen LogP contribution is 2.20. The summed E-state index contributed by atoms with van der Waals surface area (Å²) in [5.41, 5.74) is -0.679. The summed E-state index contributed by atoms with van der Waals surface area (Å²) in [6.45, 7) is 3.26. The second kappa shape index (κ2) is 5.27. The lowest BCUT2D eigenvalue weighted by Crippen LogP contribution is -2.38. The van der Waals surface area contributed by atoms with Crippen LogP contribution >= 0.6 is 11.8 Å². The lowest BCUT2D eigenvalue weighted by atomic mass is 10.1. The Hall–Kier alpha value is -1.14. The van der Waals surface area contributed by atoms with Crippen LogP contribution in [0.1, 0.15) is 12.6 Å². The molecule has 6 heteroatoms. The van der Waals surface area contributed by atoms with Crippen LogP contribution in [0.3, 0.4) is 0 Å². The highest BCUT2D eigenvalue weighted by molar-refractivity contribution is 7.99. The van der Waals surface area contributed by atoms with Gasteiger partial charge in [-0.3, -0.25) is 0 Å². The molecule has 0 spiro atoms. The molecule has 1 heterocycles. The molecule has 16 heavy (non-hydrogen) atoms. The van der Waals surface area contributed by atoms with Crippen LogP contribution in [-0.2, 0) is 9.53 Å². The lowest BCUT2D eigenvalue weighted by molar-refractivity contribution is -0.158. The van der Waals surface area contributed by atoms with E-state index >= 15 is 0 Å². The number of aliphatic hydroxyl groups is 1. The minimum Gasteiger partial charge on any atom is -0.467 e. The van der Waals surface area contributed by atoms with E-state index in [2.05, 4.69) is 14.7 Å². The summed E-state index contributed by atoms with van der Waals surface area (Å²) in [5.74, 6) is -0.504. The molecule has 0 amide bonds. The number of methoxy groups -OCH3 is 1. The molecule has 1 rings (SSSR count). The van der Waals surface area contributed by atoms with Crippen LogP contribution in [0, 0.1) is 6.92 Å². The standard InChI is InChI=1S/C10H14N2O3S/c1-7-4-5-11-9(12-7)16-6-10(2,14)8(13)15-3/h4-5,14H,6H2,1-3H3. The smallest absolute Gasteiger partial charge is 0.338 e. The van der Waals surface area contributed by atoms with E-state index in [9.17, 15) is 9.90 Å². The van der Waals surface area contributed by atoms with E-state index in [0.717, 1.165) is 5.69 Å². The second-order valence-corrected chi connectivity index (χ2v) is 4.48. The normalized spacial score (nSPS) is 14.2. The zero-order chi connectivity index (χ0) is 12.2. The summed E-state index contributed by atoms with van der Waals surface area (Å²) in [6, 6.07) is 1.78. The van der Waals surface area contributed by atoms with Crippen molar-refractivity contribution in [3.05, 3.63) is 18.0 Å². The summed E-state index contributed by atoms with van der Waals surface area (Å²) in [5, 5.41) is 10.3. The van der Waals surface area contributed by atoms with Gasteiger partial charge < -0.3 is 9.84 Å². The van der Waals surface area contributed by atoms with Crippen LogP contribution < -0.4 is 0 Å². The van der Waals surface area contributed by atoms with Crippen molar-refractivity contribution in [1.29, 1.82) is 0 Å². The first-order valence-corrected chi connectivity index (χ1v) is 5.67. The van der Waals surface area contributed by atoms with Crippen molar-refractivity contribution < 1.29 is 14.6 Å². The van der Waals surface area contributed by atoms with E-state index in [1.165, 1.54) is 25.8 Å². The quantitative estimate of drug-likeness (QED) is 0.478. The molecule has 0 aliphatic carbocycles. The SMILES string of the molecule is COC(=O)C(C)(O)CSc1nccc(C)n1. The van der Waals surface area contributed by atoms with Crippen LogP contribution in [0.25, 0.3) is 0 Å². The number of carbonyl (C=O) groups is 1. The molecule has 0 aromatic carbocycles. The summed E-state index contributed by atoms with van der Waals surface area (Å²) in [7, 11) is 1.24. The molecule has 1 aromatic rings. The Morgan fingerprint density at radius 1 is 1.69 bits per heavy atom. The number of rotatable bonds is 4. The van der Waals surface area contributed by atoms with Gasteiger partial charge in [0.25, 0.3) is 0 Å². The molecule has 0 radical (unpaired) electrons. The largest absolute Gasteiger partial charge is 0.467 e. The van der Waals surface area contributed by atoms with E-state index < -0.39 is 11.6 Å². The number of aryl methyl sites for hydroxylation is 1. The molecule has 1 aromatic heterocycles. The first-order chi connectivity index (χ1) is 7.45. The van der Waals surface area contributed by atoms with Crippen molar-refractivity contribution in [1.82, 2.24) is 9.97 Å². The van der Waals surface area contributed by atoms with Crippen molar-refractivity contribution >= 4 is 17.7 Å². The number of ether oxygens (including phenoxy) is 1. The molecule has 0 aliphatic heterocycles. The van der Waals surface area contributed by atoms with Gasteiger partial charge in [-0.05, 0) is 19.9 Å². The average Bonchev–Trinajstić information content (AvgIpc) is 2.25. The Balaban J connectivity index is 2.61. The number of thioether (sulfide) groups is 1. The van der Waals surface area contributed by atoms with Gasteiger partial charge in [0.1, 0.15) is 0 Å². The molecule has 1 N–H and O–H groups in total. The number of hydrogen-bond donors (Lipinski definition) is 1. The third-order valence-electron chi connectivity index (χ3n) is 1.88. The van der Waals surface area contributed by atoms with Crippen molar-refractivity contribution in [2.24, 2.45) is 0 Å². The zero-order valence-corrected chi connectivity index (χ0v) is 10.2. The summed E-state index contributed by atoms with van der Waals surface area (Å²) < 4.78 is 4.48. The van der Waals surface area contributed by atoms with Crippen molar-refractivity contribution in [3.63, 3.8) is 0 Å². The Bertz CT molecular complexity index is 382. The van der Waals surface area contributed by atoms with E-state index in [4.69, 9.17) is 0 Å². The van der Waals surface area contributed by atoms with Gasteiger partial charge >= 0.3 is 5.97 Å². The topological polar surface area (TPSA) is 72.3 Å². The molecule has 0 saturated heterocycles. The Labute approximate surface area is 98.3 Å². The molecule has 0 saturated carbocycles. The van der Waals surface area contributed by atoms with Crippen molar-refractivity contribution in [2.75, 3.05) is 12.9 Å². The predicted octanol–water partition coefficient (Wildman–Crippen LogP) is 0.801. The third-order valence-corrected chi connectivity index (χ3v) is 3.04. The summed E-state index contributed by atoms with van der Waals surface area (Å²) in [6.07, 6.45) is 1.64. The first kappa shape index (κ1) is 12.9. The molecule has 1 unspecified atom stereocenters. The average molecular weight is 242 g/mol. The highest BCUT2D eigenvalue weighted by Gasteiger charge is 2.31. The van der Waals surface area contributed by atoms with Crippen molar-refractivity contribution in [3.8, 4) is 0 Å². The number of esters is 1. The van der Waals surface area contributed by atoms with Crippen molar-refractivity contribution in [2.45, 2.75) is 24.6 Å². The van der Waals surface area contributed by atoms with Gasteiger partial charge in [0.2, 0.25) is 0 Å². The van der Waals surface area contributed by atoms with Gasteiger partial charge in [0.05, 0.1) is 7.11 Å². The molecule has 0 bridgehead atoms. The van der Waals surface area contributed by atoms with Gasteiger partial charge in [-0.1, -0.05) is 11.8 Å². The Morgan fingerprint density at radius 3 is 2.94 bits per heavy atom. The van der Waals surface area contributed by atoms with Crippen LogP contribution in [0.15, 0.2) is 17.4 Å². The van der Waals surface area contributed by atoms with E-state index in [-0.39, 0.29) is 5.75 Å². The molecular weight excluding hydrogens is 228 g/mol. The first-order valence-electron chi connectivity index (χ1n) is 4.69. The maximum absolute atomic E-state index is 11.2. The number of hydrogen-bond acceptors (Lipinski definition) is 6. The monoisotopic (exact) mass is 242 g/mol. The molecule has 1 atom stereocenters. The molecule has 88 valence electrons. The fraction of sp³-hybridized carbons (Fsp3) is 0.500. The van der Waals surface area contributed by atoms with Gasteiger partial charge in [-0.25, -0.2) is 14.8 Å². The number of nitrogens with zero attached hydrogens (tertiary/aromatic N) is 2. The van der Waals surface area contributed by atoms with Gasteiger partial charge in [-0.2, -0.15) is 0 Å². The fourth-order valence-corrected chi connectivity index (χ4v) is 1.85. The highest BCUT2D eigenvalue weighted by atomic mass is 32.2. The van der Waals surface area contributed by atoms with Crippen LogP contribution in [0.4, 0.5) is 0 Å². The van der Waals surface area contributed by atoms with E-state index in [1.54, 1.807) is 12.3 Å². The number of aromatic nitrogens is 2. The van der Waals surface area contributed by atoms with Crippen LogP contribution in [0.2, 0.25) is 0 Å². The molecule has 5 nitrogen and oxygen atoms in total. The van der Waals surface area contributed by atoms with E-state index in [1.807, 2.05) is 6.92 Å². The van der Waals surface area contributed by atoms with Crippen LogP contribution in [-0.4, -0.2) is 39.5 Å². The summed E-state index contributed by atoms with van der Waals surface area (Å²) >= 11 is 1.21. The van der Waals surface area contributed by atoms with Gasteiger partial charge in [0, 0.05) is 17.6 Å². The maximum Gasteiger partial charge on any atom is 0.338 e. The molecule has 0 aliphatic rings. The Kier molecular flexibility index (Phi) is 4.26. The van der Waals surface area contributed by atoms with Crippen LogP contribution in [0.5, 0.6) is 0 Å². The minimum atomic E-state index is -1.52. The molecule has 0 fully saturated rings. The number of carbonyl (C=O) groups excluding carboxylic acids is 1. The summed E-state index contributed by atoms with van der Waals surface area (Å²) in [4.78, 5) is 19.4. The third kappa shape index (κ3) is 3.46. The fourth-order valence-electron chi connectivity index (χ4n) is 0.979. The van der Waals surface area contributed by atoms with Gasteiger partial charge in [0.15, 0.2) is 10.8 Å². The van der Waals surface area contributed by atoms with E-state index in [0.29, 0.717) is 5.16 Å². The molecular formula is C10H14N2O3S.